The lowest BCUT2D eigenvalue weighted by Gasteiger charge is -2.17. The Morgan fingerprint density at radius 3 is 2.88 bits per heavy atom. The zero-order chi connectivity index (χ0) is 12.4. The van der Waals surface area contributed by atoms with E-state index >= 15 is 0 Å². The first-order valence-electron chi connectivity index (χ1n) is 5.60. The molecule has 17 heavy (non-hydrogen) atoms. The number of oxime groups is 1. The van der Waals surface area contributed by atoms with Crippen LogP contribution in [0.1, 0.15) is 25.2 Å². The SMILES string of the molecule is CCC(C(N)=NO)n1c(C)nc2ccccc21. The summed E-state index contributed by atoms with van der Waals surface area (Å²) in [4.78, 5) is 4.47. The van der Waals surface area contributed by atoms with Gasteiger partial charge in [0.05, 0.1) is 17.1 Å². The minimum Gasteiger partial charge on any atom is -0.409 e. The molecule has 1 unspecified atom stereocenters. The van der Waals surface area contributed by atoms with Crippen molar-refractivity contribution in [2.24, 2.45) is 10.9 Å². The maximum atomic E-state index is 8.83. The maximum absolute atomic E-state index is 8.83. The number of hydrogen-bond acceptors (Lipinski definition) is 3. The summed E-state index contributed by atoms with van der Waals surface area (Å²) in [6.45, 7) is 3.92. The minimum atomic E-state index is -0.160. The van der Waals surface area contributed by atoms with Gasteiger partial charge in [0.15, 0.2) is 5.84 Å². The highest BCUT2D eigenvalue weighted by Gasteiger charge is 2.19. The zero-order valence-corrected chi connectivity index (χ0v) is 9.96. The van der Waals surface area contributed by atoms with E-state index in [0.717, 1.165) is 23.3 Å². The second-order valence-corrected chi connectivity index (χ2v) is 3.97. The molecule has 3 N–H and O–H groups in total. The van der Waals surface area contributed by atoms with Gasteiger partial charge in [-0.15, -0.1) is 0 Å². The number of nitrogens with two attached hydrogens (primary N) is 1. The van der Waals surface area contributed by atoms with Crippen LogP contribution in [0.4, 0.5) is 0 Å². The number of aromatic nitrogens is 2. The van der Waals surface area contributed by atoms with Crippen molar-refractivity contribution in [1.29, 1.82) is 0 Å². The van der Waals surface area contributed by atoms with Crippen molar-refractivity contribution < 1.29 is 5.21 Å². The Bertz CT molecular complexity index is 559. The van der Waals surface area contributed by atoms with Gasteiger partial charge in [-0.3, -0.25) is 0 Å². The molecule has 0 radical (unpaired) electrons. The van der Waals surface area contributed by atoms with Crippen LogP contribution in [0.3, 0.4) is 0 Å². The predicted molar refractivity (Wildman–Crippen MR) is 67.2 cm³/mol. The molecular formula is C12H16N4O. The van der Waals surface area contributed by atoms with E-state index in [1.54, 1.807) is 0 Å². The quantitative estimate of drug-likeness (QED) is 0.368. The summed E-state index contributed by atoms with van der Waals surface area (Å²) in [5, 5.41) is 11.9. The zero-order valence-electron chi connectivity index (χ0n) is 9.96. The summed E-state index contributed by atoms with van der Waals surface area (Å²) >= 11 is 0. The van der Waals surface area contributed by atoms with Gasteiger partial charge in [0.2, 0.25) is 0 Å². The standard InChI is InChI=1S/C12H16N4O/c1-3-10(12(13)15-17)16-8(2)14-9-6-4-5-7-11(9)16/h4-7,10,17H,3H2,1-2H3,(H2,13,15). The molecule has 5 heteroatoms. The number of benzene rings is 1. The van der Waals surface area contributed by atoms with Crippen LogP contribution in [0.15, 0.2) is 29.4 Å². The first kappa shape index (κ1) is 11.4. The molecule has 1 heterocycles. The predicted octanol–water partition coefficient (Wildman–Crippen LogP) is 2.04. The van der Waals surface area contributed by atoms with E-state index in [4.69, 9.17) is 10.9 Å². The van der Waals surface area contributed by atoms with Gasteiger partial charge in [-0.1, -0.05) is 24.2 Å². The van der Waals surface area contributed by atoms with Crippen LogP contribution in [-0.4, -0.2) is 20.6 Å². The number of amidine groups is 1. The molecule has 0 aliphatic carbocycles. The summed E-state index contributed by atoms with van der Waals surface area (Å²) in [7, 11) is 0. The fourth-order valence-corrected chi connectivity index (χ4v) is 2.15. The Morgan fingerprint density at radius 1 is 1.53 bits per heavy atom. The Kier molecular flexibility index (Phi) is 2.99. The molecule has 0 amide bonds. The molecule has 0 aliphatic heterocycles. The van der Waals surface area contributed by atoms with Gasteiger partial charge in [-0.2, -0.15) is 0 Å². The normalized spacial score (nSPS) is 14.1. The van der Waals surface area contributed by atoms with Crippen molar-refractivity contribution in [1.82, 2.24) is 9.55 Å². The molecule has 1 aromatic heterocycles. The fourth-order valence-electron chi connectivity index (χ4n) is 2.15. The van der Waals surface area contributed by atoms with Crippen LogP contribution >= 0.6 is 0 Å². The second-order valence-electron chi connectivity index (χ2n) is 3.97. The Balaban J connectivity index is 2.64. The number of imidazole rings is 1. The van der Waals surface area contributed by atoms with Crippen molar-refractivity contribution in [2.75, 3.05) is 0 Å². The molecule has 0 spiro atoms. The molecule has 1 aromatic carbocycles. The van der Waals surface area contributed by atoms with E-state index in [-0.39, 0.29) is 11.9 Å². The summed E-state index contributed by atoms with van der Waals surface area (Å²) in [6, 6.07) is 7.69. The summed E-state index contributed by atoms with van der Waals surface area (Å²) in [5.41, 5.74) is 7.66. The third-order valence-corrected chi connectivity index (χ3v) is 2.93. The lowest BCUT2D eigenvalue weighted by molar-refractivity contribution is 0.313. The molecule has 0 bridgehead atoms. The van der Waals surface area contributed by atoms with E-state index in [2.05, 4.69) is 10.1 Å². The Labute approximate surface area is 99.6 Å². The molecule has 90 valence electrons. The first-order chi connectivity index (χ1) is 8.19. The maximum Gasteiger partial charge on any atom is 0.162 e. The van der Waals surface area contributed by atoms with Gasteiger partial charge in [0.25, 0.3) is 0 Å². The van der Waals surface area contributed by atoms with Gasteiger partial charge in [-0.05, 0) is 25.5 Å². The lowest BCUT2D eigenvalue weighted by atomic mass is 10.2. The van der Waals surface area contributed by atoms with Crippen LogP contribution in [0.25, 0.3) is 11.0 Å². The average molecular weight is 232 g/mol. The van der Waals surface area contributed by atoms with E-state index in [9.17, 15) is 0 Å². The largest absolute Gasteiger partial charge is 0.409 e. The number of rotatable bonds is 3. The fraction of sp³-hybridized carbons (Fsp3) is 0.333. The van der Waals surface area contributed by atoms with Crippen molar-refractivity contribution in [3.63, 3.8) is 0 Å². The van der Waals surface area contributed by atoms with Crippen molar-refractivity contribution in [3.8, 4) is 0 Å². The van der Waals surface area contributed by atoms with E-state index < -0.39 is 0 Å². The molecule has 2 rings (SSSR count). The smallest absolute Gasteiger partial charge is 0.162 e. The van der Waals surface area contributed by atoms with Crippen LogP contribution in [-0.2, 0) is 0 Å². The summed E-state index contributed by atoms with van der Waals surface area (Å²) in [6.07, 6.45) is 0.747. The monoisotopic (exact) mass is 232 g/mol. The first-order valence-corrected chi connectivity index (χ1v) is 5.60. The summed E-state index contributed by atoms with van der Waals surface area (Å²) < 4.78 is 2.00. The highest BCUT2D eigenvalue weighted by molar-refractivity contribution is 5.86. The molecule has 5 nitrogen and oxygen atoms in total. The molecule has 0 aliphatic rings. The molecular weight excluding hydrogens is 216 g/mol. The average Bonchev–Trinajstić information content (AvgIpc) is 2.67. The van der Waals surface area contributed by atoms with E-state index in [1.807, 2.05) is 42.7 Å². The van der Waals surface area contributed by atoms with Crippen molar-refractivity contribution in [2.45, 2.75) is 26.3 Å². The van der Waals surface area contributed by atoms with Crippen LogP contribution in [0.2, 0.25) is 0 Å². The molecule has 2 aromatic rings. The number of hydrogen-bond donors (Lipinski definition) is 2. The number of fused-ring (bicyclic) bond motifs is 1. The van der Waals surface area contributed by atoms with E-state index in [0.29, 0.717) is 0 Å². The molecule has 0 saturated heterocycles. The Hall–Kier alpha value is -2.04. The molecule has 0 saturated carbocycles. The Morgan fingerprint density at radius 2 is 2.24 bits per heavy atom. The van der Waals surface area contributed by atoms with Crippen LogP contribution in [0, 0.1) is 6.92 Å². The lowest BCUT2D eigenvalue weighted by Crippen LogP contribution is -2.27. The van der Waals surface area contributed by atoms with Gasteiger partial charge in [0.1, 0.15) is 5.82 Å². The van der Waals surface area contributed by atoms with Crippen LogP contribution < -0.4 is 5.73 Å². The third-order valence-electron chi connectivity index (χ3n) is 2.93. The third kappa shape index (κ3) is 1.84. The number of nitrogens with zero attached hydrogens (tertiary/aromatic N) is 3. The van der Waals surface area contributed by atoms with Crippen molar-refractivity contribution >= 4 is 16.9 Å². The van der Waals surface area contributed by atoms with Gasteiger partial charge >= 0.3 is 0 Å². The van der Waals surface area contributed by atoms with Crippen molar-refractivity contribution in [3.05, 3.63) is 30.1 Å². The number of aryl methyl sites for hydroxylation is 1. The van der Waals surface area contributed by atoms with Gasteiger partial charge in [-0.25, -0.2) is 4.98 Å². The van der Waals surface area contributed by atoms with Crippen LogP contribution in [0.5, 0.6) is 0 Å². The second kappa shape index (κ2) is 4.45. The topological polar surface area (TPSA) is 76.4 Å². The van der Waals surface area contributed by atoms with Gasteiger partial charge < -0.3 is 15.5 Å². The minimum absolute atomic E-state index is 0.160. The van der Waals surface area contributed by atoms with Gasteiger partial charge in [0, 0.05) is 0 Å². The van der Waals surface area contributed by atoms with E-state index in [1.165, 1.54) is 0 Å². The molecule has 1 atom stereocenters. The number of para-hydroxylation sites is 2. The highest BCUT2D eigenvalue weighted by Crippen LogP contribution is 2.22. The molecule has 0 fully saturated rings. The highest BCUT2D eigenvalue weighted by atomic mass is 16.4. The summed E-state index contributed by atoms with van der Waals surface area (Å²) in [5.74, 6) is 1.07.